The Labute approximate surface area is 468 Å². The van der Waals surface area contributed by atoms with Gasteiger partial charge < -0.3 is 63.8 Å². The number of primary amides is 3. The first kappa shape index (κ1) is 20.2. The third-order valence-electron chi connectivity index (χ3n) is 8.36. The first-order chi connectivity index (χ1) is 49.4. The van der Waals surface area contributed by atoms with Crippen molar-refractivity contribution in [3.05, 3.63) is 46.2 Å². The maximum absolute atomic E-state index is 12.1. The van der Waals surface area contributed by atoms with Crippen molar-refractivity contribution in [3.63, 3.8) is 0 Å². The van der Waals surface area contributed by atoms with Crippen molar-refractivity contribution >= 4 is 41.4 Å². The van der Waals surface area contributed by atoms with Gasteiger partial charge in [0.15, 0.2) is 0 Å². The zero-order valence-electron chi connectivity index (χ0n) is 80.6. The van der Waals surface area contributed by atoms with Gasteiger partial charge in [0.1, 0.15) is 16.8 Å². The zero-order chi connectivity index (χ0) is 89.4. The average molecular weight is 1010 g/mol. The molecule has 6 rings (SSSR count). The van der Waals surface area contributed by atoms with E-state index in [0.717, 1.165) is 0 Å². The van der Waals surface area contributed by atoms with Gasteiger partial charge in [0, 0.05) is 94.7 Å². The number of nitrogens with two attached hydrogens (primary N) is 3. The molecule has 3 aromatic heterocycles. The molecule has 15 N–H and O–H groups in total. The number of carbonyl (C=O) groups excluding carboxylic acids is 3. The van der Waals surface area contributed by atoms with Crippen LogP contribution in [0.1, 0.15) is 231 Å². The summed E-state index contributed by atoms with van der Waals surface area (Å²) in [6.45, 7) is -27.0. The summed E-state index contributed by atoms with van der Waals surface area (Å²) >= 11 is 0. The minimum Gasteiger partial charge on any atom is -0.393 e. The van der Waals surface area contributed by atoms with Crippen LogP contribution in [-0.4, -0.2) is 116 Å². The van der Waals surface area contributed by atoms with Gasteiger partial charge in [-0.3, -0.25) is 24.4 Å². The molecule has 0 saturated heterocycles. The highest BCUT2D eigenvalue weighted by Crippen LogP contribution is 2.29. The predicted octanol–water partition coefficient (Wildman–Crippen LogP) is 4.09. The van der Waals surface area contributed by atoms with E-state index in [4.69, 9.17) is 77.5 Å². The van der Waals surface area contributed by atoms with Crippen molar-refractivity contribution in [2.24, 2.45) is 44.9 Å². The molecule has 0 radical (unpaired) electrons. The number of hydrogen-bond acceptors (Lipinski definition) is 16. The van der Waals surface area contributed by atoms with E-state index < -0.39 is 265 Å². The van der Waals surface area contributed by atoms with Crippen molar-refractivity contribution in [1.29, 1.82) is 0 Å². The largest absolute Gasteiger partial charge is 0.393 e. The zero-order valence-corrected chi connectivity index (χ0v) is 36.6. The smallest absolute Gasteiger partial charge is 0.254 e. The number of aromatic amines is 2. The van der Waals surface area contributed by atoms with Crippen molar-refractivity contribution < 1.29 is 90.0 Å². The van der Waals surface area contributed by atoms with E-state index in [1.807, 2.05) is 0 Å². The Balaban J connectivity index is 0.000000360. The molecule has 0 aliphatic heterocycles. The molecule has 0 aromatic carbocycles. The van der Waals surface area contributed by atoms with Crippen molar-refractivity contribution in [2.75, 3.05) is 21.3 Å². The molecule has 9 unspecified atom stereocenters. The normalized spacial score (nSPS) is 44.4. The summed E-state index contributed by atoms with van der Waals surface area (Å²) in [6, 6.07) is -5.94. The highest BCUT2D eigenvalue weighted by Gasteiger charge is 2.29. The molecule has 3 aromatic rings. The number of H-pyrrole nitrogens is 2. The van der Waals surface area contributed by atoms with Gasteiger partial charge in [0.25, 0.3) is 17.7 Å². The van der Waals surface area contributed by atoms with Crippen LogP contribution in [0.25, 0.3) is 0 Å². The lowest BCUT2D eigenvalue weighted by molar-refractivity contribution is 0.0702. The highest BCUT2D eigenvalue weighted by molar-refractivity contribution is 5.97. The first-order valence-electron chi connectivity index (χ1n) is 41.8. The Morgan fingerprint density at radius 1 is 0.681 bits per heavy atom. The highest BCUT2D eigenvalue weighted by atomic mass is 16.3. The number of rotatable bonds is 10. The van der Waals surface area contributed by atoms with Crippen LogP contribution in [-0.2, 0) is 0 Å². The molecule has 9 atom stereocenters. The van der Waals surface area contributed by atoms with Crippen LogP contribution < -0.4 is 49.4 Å². The van der Waals surface area contributed by atoms with Crippen LogP contribution in [0, 0.1) is 17.8 Å². The first-order valence-corrected chi connectivity index (χ1v) is 19.8. The summed E-state index contributed by atoms with van der Waals surface area (Å²) in [4.78, 5) is 63.2. The maximum atomic E-state index is 12.1. The quantitative estimate of drug-likeness (QED) is 0.136. The number of nitrogens with zero attached hydrogens (tertiary/aromatic N) is 6. The molecule has 0 spiro atoms. The van der Waals surface area contributed by atoms with E-state index in [1.165, 1.54) is 0 Å². The van der Waals surface area contributed by atoms with Crippen molar-refractivity contribution in [3.8, 4) is 0 Å². The monoisotopic (exact) mass is 1010 g/mol. The lowest BCUT2D eigenvalue weighted by Gasteiger charge is -2.32. The summed E-state index contributed by atoms with van der Waals surface area (Å²) in [5.41, 5.74) is 4.52. The van der Waals surface area contributed by atoms with Gasteiger partial charge in [-0.25, -0.2) is 15.0 Å². The van der Waals surface area contributed by atoms with Gasteiger partial charge >= 0.3 is 0 Å². The Kier molecular flexibility index (Phi) is 6.96. The Bertz CT molecular complexity index is 4090. The van der Waals surface area contributed by atoms with Crippen LogP contribution in [0.2, 0.25) is 0 Å². The minimum atomic E-state index is -3.79. The molecule has 3 fully saturated rings. The lowest BCUT2D eigenvalue weighted by Crippen LogP contribution is -2.36. The van der Waals surface area contributed by atoms with Crippen molar-refractivity contribution in [2.45, 2.75) is 193 Å². The van der Waals surface area contributed by atoms with Crippen LogP contribution in [0.5, 0.6) is 0 Å². The van der Waals surface area contributed by atoms with Crippen LogP contribution in [0.4, 0.5) is 23.7 Å². The fourth-order valence-electron chi connectivity index (χ4n) is 5.45. The van der Waals surface area contributed by atoms with Gasteiger partial charge in [0.2, 0.25) is 17.8 Å². The summed E-state index contributed by atoms with van der Waals surface area (Å²) in [6.07, 6.45) is -32.8. The number of hydrogen-bond donors (Lipinski definition) is 12. The molecule has 3 amide bonds. The fraction of sp³-hybridized carbons (Fsp3) is 0.688. The number of nitrogens with one attached hydrogen (secondary N) is 6. The molecule has 21 heteroatoms. The van der Waals surface area contributed by atoms with E-state index in [9.17, 15) is 29.7 Å². The van der Waals surface area contributed by atoms with Crippen LogP contribution >= 0.6 is 0 Å². The van der Waals surface area contributed by atoms with Gasteiger partial charge in [-0.2, -0.15) is 4.98 Å². The van der Waals surface area contributed by atoms with E-state index in [1.54, 1.807) is 31.4 Å². The Morgan fingerprint density at radius 3 is 1.55 bits per heavy atom. The topological polar surface area (TPSA) is 346 Å². The molecule has 69 heavy (non-hydrogen) atoms. The number of carbonyl (C=O) groups is 3. The molecule has 384 valence electrons. The Morgan fingerprint density at radius 2 is 1.12 bits per heavy atom. The average Bonchev–Trinajstić information content (AvgIpc) is 0.733. The van der Waals surface area contributed by atoms with Crippen molar-refractivity contribution in [1.82, 2.24) is 29.9 Å². The van der Waals surface area contributed by atoms with Crippen LogP contribution in [0.3, 0.4) is 0 Å². The Hall–Kier alpha value is -5.67. The summed E-state index contributed by atoms with van der Waals surface area (Å²) in [7, 11) is 0. The van der Waals surface area contributed by atoms with Gasteiger partial charge in [0.05, 0.1) is 53.9 Å². The number of aromatic nitrogens is 6. The lowest BCUT2D eigenvalue weighted by atomic mass is 9.85. The second-order valence-corrected chi connectivity index (χ2v) is 15.6. The van der Waals surface area contributed by atoms with Gasteiger partial charge in [-0.05, 0) is 137 Å². The molecule has 3 aliphatic carbocycles. The molecular weight excluding hydrogens is 883 g/mol. The third-order valence-corrected chi connectivity index (χ3v) is 8.36. The minimum absolute atomic E-state index is 0.00728. The standard InChI is InChI=1S/3C16H27N5O2/c3*1-9-5-6-10(7-12(9)22)19-14-11(13(17)23)8-18-15(20-14)21-16(2,3)4/h3*8-10,12,22H,5-7H2,1-4H3,(H2,17,23)(H2,18,19,20,21)/i1D3,2D3,3D3,4D3,5D2,7D2,8D,12D;1D3,2D3,3D3,4D3,5D2,7D2,12D;1D3,5D2,7D2,8D,12D. The molecule has 3 heterocycles. The second-order valence-electron chi connectivity index (χ2n) is 15.6. The predicted molar refractivity (Wildman–Crippen MR) is 268 cm³/mol. The number of aliphatic hydroxyl groups is 3. The summed E-state index contributed by atoms with van der Waals surface area (Å²) in [5, 5.41) is 40.7. The van der Waals surface area contributed by atoms with Gasteiger partial charge in [-0.1, -0.05) is 20.6 Å². The molecule has 21 nitrogen and oxygen atoms in total. The third kappa shape index (κ3) is 18.3. The van der Waals surface area contributed by atoms with E-state index in [2.05, 4.69) is 50.5 Å². The molecule has 3 saturated carbocycles. The van der Waals surface area contributed by atoms with E-state index in [-0.39, 0.29) is 5.95 Å². The second kappa shape index (κ2) is 23.8. The summed E-state index contributed by atoms with van der Waals surface area (Å²) < 4.78 is 346. The SMILES string of the molecule is [2H]C([2H])([2H])C1C([2H])([2H])CC(Nc2nc(NC(C([2H])([2H])[2H])(C([2H])([2H])[2H])C([2H])([2H])[2H])ncc2C(N)=O)C([2H])([2H])C1([2H])O.[2H]c1nc(NC(C([2H])([2H])[2H])(C([2H])([2H])[2H])C([2H])([2H])[2H])[nH]c(=NC2CC([2H])([2H])C(C([2H])([2H])[2H])C([2H])(O)C2([2H])[2H])c1C(N)=O.[2H]c1nc(NC(C)(C)C)[nH]c(=NC2CC([2H])([2H])C(C([2H])([2H])[2H])C([2H])(O)C2([2H])[2H])c1C(N)=O. The number of amides is 3. The van der Waals surface area contributed by atoms with Gasteiger partial charge in [-0.15, -0.1) is 0 Å². The number of anilines is 4. The van der Waals surface area contributed by atoms with Crippen LogP contribution in [0.15, 0.2) is 28.5 Å². The fourth-order valence-corrected chi connectivity index (χ4v) is 5.45. The molecule has 3 aliphatic rings. The molecular formula is C48H81N15O6. The summed E-state index contributed by atoms with van der Waals surface area (Å²) in [5.74, 6) is -14.1. The van der Waals surface area contributed by atoms with E-state index >= 15 is 0 Å². The van der Waals surface area contributed by atoms with E-state index in [0.29, 0.717) is 6.20 Å². The molecule has 0 bridgehead atoms. The maximum Gasteiger partial charge on any atom is 0.254 e.